The SMILES string of the molecule is C=CCCC1CCC2CC(c3cc4c(cc3F)CC(CC)CC4)CCC2C1. The summed E-state index contributed by atoms with van der Waals surface area (Å²) in [6, 6.07) is 4.18. The van der Waals surface area contributed by atoms with Crippen LogP contribution in [0.5, 0.6) is 0 Å². The largest absolute Gasteiger partial charge is 0.207 e. The molecule has 2 saturated carbocycles. The van der Waals surface area contributed by atoms with Crippen LogP contribution in [0.3, 0.4) is 0 Å². The first kappa shape index (κ1) is 19.2. The monoisotopic (exact) mass is 368 g/mol. The smallest absolute Gasteiger partial charge is 0.126 e. The fourth-order valence-electron chi connectivity index (χ4n) is 6.42. The molecule has 0 bridgehead atoms. The van der Waals surface area contributed by atoms with Crippen LogP contribution in [0.15, 0.2) is 24.8 Å². The van der Waals surface area contributed by atoms with Crippen LogP contribution in [0.4, 0.5) is 4.39 Å². The molecule has 1 heteroatoms. The fraction of sp³-hybridized carbons (Fsp3) is 0.692. The summed E-state index contributed by atoms with van der Waals surface area (Å²) < 4.78 is 15.0. The van der Waals surface area contributed by atoms with Crippen molar-refractivity contribution in [1.29, 1.82) is 0 Å². The summed E-state index contributed by atoms with van der Waals surface area (Å²) in [5.41, 5.74) is 3.80. The van der Waals surface area contributed by atoms with E-state index in [1.165, 1.54) is 75.3 Å². The van der Waals surface area contributed by atoms with Crippen LogP contribution in [0.1, 0.15) is 93.7 Å². The predicted molar refractivity (Wildman–Crippen MR) is 113 cm³/mol. The highest BCUT2D eigenvalue weighted by Gasteiger charge is 2.36. The van der Waals surface area contributed by atoms with Gasteiger partial charge in [0.1, 0.15) is 5.82 Å². The van der Waals surface area contributed by atoms with E-state index in [9.17, 15) is 0 Å². The summed E-state index contributed by atoms with van der Waals surface area (Å²) in [7, 11) is 0. The number of allylic oxidation sites excluding steroid dienone is 1. The van der Waals surface area contributed by atoms with Crippen molar-refractivity contribution in [2.45, 2.75) is 89.9 Å². The molecule has 5 atom stereocenters. The van der Waals surface area contributed by atoms with Gasteiger partial charge in [-0.25, -0.2) is 4.39 Å². The van der Waals surface area contributed by atoms with Crippen LogP contribution in [0.25, 0.3) is 0 Å². The Kier molecular flexibility index (Phi) is 6.05. The standard InChI is InChI=1S/C26H37F/c1-3-5-6-19-8-10-21-15-23(12-11-20(21)14-19)25-16-22-9-7-18(4-2)13-24(22)17-26(25)27/h3,16-21,23H,1,4-15H2,2H3. The molecule has 0 spiro atoms. The number of halogens is 1. The van der Waals surface area contributed by atoms with Crippen LogP contribution in [0, 0.1) is 29.5 Å². The van der Waals surface area contributed by atoms with Gasteiger partial charge >= 0.3 is 0 Å². The van der Waals surface area contributed by atoms with Gasteiger partial charge in [0.15, 0.2) is 0 Å². The molecule has 0 aromatic heterocycles. The molecule has 0 aliphatic heterocycles. The number of hydrogen-bond donors (Lipinski definition) is 0. The number of aryl methyl sites for hydroxylation is 1. The second kappa shape index (κ2) is 8.50. The summed E-state index contributed by atoms with van der Waals surface area (Å²) in [5, 5.41) is 0. The van der Waals surface area contributed by atoms with Gasteiger partial charge < -0.3 is 0 Å². The molecule has 0 radical (unpaired) electrons. The van der Waals surface area contributed by atoms with E-state index in [0.29, 0.717) is 5.92 Å². The van der Waals surface area contributed by atoms with Gasteiger partial charge in [-0.3, -0.25) is 0 Å². The quantitative estimate of drug-likeness (QED) is 0.469. The Hall–Kier alpha value is -1.11. The summed E-state index contributed by atoms with van der Waals surface area (Å²) in [6.07, 6.45) is 17.2. The van der Waals surface area contributed by atoms with E-state index >= 15 is 4.39 Å². The number of hydrogen-bond acceptors (Lipinski definition) is 0. The lowest BCUT2D eigenvalue weighted by atomic mass is 9.63. The number of fused-ring (bicyclic) bond motifs is 2. The molecule has 2 fully saturated rings. The zero-order valence-electron chi connectivity index (χ0n) is 17.2. The van der Waals surface area contributed by atoms with E-state index in [-0.39, 0.29) is 5.82 Å². The van der Waals surface area contributed by atoms with Crippen molar-refractivity contribution < 1.29 is 4.39 Å². The third-order valence-corrected chi connectivity index (χ3v) is 8.17. The maximum atomic E-state index is 15.0. The molecule has 0 amide bonds. The number of rotatable bonds is 5. The highest BCUT2D eigenvalue weighted by Crippen LogP contribution is 2.49. The lowest BCUT2D eigenvalue weighted by Gasteiger charge is -2.42. The Labute approximate surface area is 165 Å². The molecular weight excluding hydrogens is 331 g/mol. The lowest BCUT2D eigenvalue weighted by Crippen LogP contribution is -2.30. The molecule has 3 aliphatic carbocycles. The van der Waals surface area contributed by atoms with Crippen molar-refractivity contribution in [2.24, 2.45) is 23.7 Å². The van der Waals surface area contributed by atoms with Crippen molar-refractivity contribution >= 4 is 0 Å². The maximum Gasteiger partial charge on any atom is 0.126 e. The third kappa shape index (κ3) is 4.17. The molecule has 0 heterocycles. The van der Waals surface area contributed by atoms with Crippen molar-refractivity contribution in [3.05, 3.63) is 47.3 Å². The van der Waals surface area contributed by atoms with Crippen molar-refractivity contribution in [2.75, 3.05) is 0 Å². The second-order valence-corrected chi connectivity index (χ2v) is 9.73. The summed E-state index contributed by atoms with van der Waals surface area (Å²) in [6.45, 7) is 6.15. The minimum atomic E-state index is 0.0913. The summed E-state index contributed by atoms with van der Waals surface area (Å²) in [5.74, 6) is 3.96. The van der Waals surface area contributed by atoms with E-state index in [0.717, 1.165) is 42.1 Å². The Bertz CT molecular complexity index is 660. The first-order valence-corrected chi connectivity index (χ1v) is 11.6. The highest BCUT2D eigenvalue weighted by atomic mass is 19.1. The zero-order chi connectivity index (χ0) is 18.8. The van der Waals surface area contributed by atoms with E-state index in [4.69, 9.17) is 0 Å². The zero-order valence-corrected chi connectivity index (χ0v) is 17.2. The van der Waals surface area contributed by atoms with Gasteiger partial charge in [0.05, 0.1) is 0 Å². The first-order chi connectivity index (χ1) is 13.2. The second-order valence-electron chi connectivity index (χ2n) is 9.73. The Morgan fingerprint density at radius 3 is 2.63 bits per heavy atom. The van der Waals surface area contributed by atoms with Crippen LogP contribution in [-0.4, -0.2) is 0 Å². The molecule has 1 aromatic carbocycles. The molecule has 27 heavy (non-hydrogen) atoms. The Morgan fingerprint density at radius 1 is 1.00 bits per heavy atom. The van der Waals surface area contributed by atoms with E-state index in [2.05, 4.69) is 25.6 Å². The third-order valence-electron chi connectivity index (χ3n) is 8.17. The van der Waals surface area contributed by atoms with Crippen molar-refractivity contribution in [1.82, 2.24) is 0 Å². The molecule has 0 saturated heterocycles. The molecule has 1 aromatic rings. The van der Waals surface area contributed by atoms with Gasteiger partial charge in [-0.15, -0.1) is 6.58 Å². The fourth-order valence-corrected chi connectivity index (χ4v) is 6.42. The molecular formula is C26H37F. The highest BCUT2D eigenvalue weighted by molar-refractivity contribution is 5.37. The molecule has 0 N–H and O–H groups in total. The van der Waals surface area contributed by atoms with Crippen LogP contribution in [0.2, 0.25) is 0 Å². The Balaban J connectivity index is 1.43. The van der Waals surface area contributed by atoms with Gasteiger partial charge in [0.2, 0.25) is 0 Å². The predicted octanol–water partition coefficient (Wildman–Crippen LogP) is 7.61. The topological polar surface area (TPSA) is 0 Å². The van der Waals surface area contributed by atoms with Gasteiger partial charge in [-0.05, 0) is 117 Å². The molecule has 4 rings (SSSR count). The van der Waals surface area contributed by atoms with E-state index in [1.807, 2.05) is 6.07 Å². The van der Waals surface area contributed by atoms with Gasteiger partial charge in [-0.2, -0.15) is 0 Å². The average Bonchev–Trinajstić information content (AvgIpc) is 2.70. The minimum absolute atomic E-state index is 0.0913. The minimum Gasteiger partial charge on any atom is -0.207 e. The summed E-state index contributed by atoms with van der Waals surface area (Å²) >= 11 is 0. The lowest BCUT2D eigenvalue weighted by molar-refractivity contribution is 0.114. The normalized spacial score (nSPS) is 33.2. The van der Waals surface area contributed by atoms with Gasteiger partial charge in [-0.1, -0.05) is 31.9 Å². The maximum absolute atomic E-state index is 15.0. The van der Waals surface area contributed by atoms with Crippen molar-refractivity contribution in [3.63, 3.8) is 0 Å². The average molecular weight is 369 g/mol. The van der Waals surface area contributed by atoms with Crippen molar-refractivity contribution in [3.8, 4) is 0 Å². The molecule has 3 aliphatic rings. The first-order valence-electron chi connectivity index (χ1n) is 11.6. The van der Waals surface area contributed by atoms with E-state index < -0.39 is 0 Å². The Morgan fingerprint density at radius 2 is 1.81 bits per heavy atom. The van der Waals surface area contributed by atoms with Crippen LogP contribution >= 0.6 is 0 Å². The molecule has 0 nitrogen and oxygen atoms in total. The van der Waals surface area contributed by atoms with Gasteiger partial charge in [0, 0.05) is 0 Å². The van der Waals surface area contributed by atoms with E-state index in [1.54, 1.807) is 0 Å². The van der Waals surface area contributed by atoms with Crippen LogP contribution in [-0.2, 0) is 12.8 Å². The summed E-state index contributed by atoms with van der Waals surface area (Å²) in [4.78, 5) is 0. The molecule has 148 valence electrons. The molecule has 5 unspecified atom stereocenters. The van der Waals surface area contributed by atoms with Crippen LogP contribution < -0.4 is 0 Å². The van der Waals surface area contributed by atoms with Gasteiger partial charge in [0.25, 0.3) is 0 Å². The number of benzene rings is 1.